The molecule has 0 aromatic heterocycles. The van der Waals surface area contributed by atoms with Gasteiger partial charge in [0.15, 0.2) is 0 Å². The summed E-state index contributed by atoms with van der Waals surface area (Å²) >= 11 is 5.88. The Kier molecular flexibility index (Phi) is 4.37. The Morgan fingerprint density at radius 3 is 2.65 bits per heavy atom. The molecule has 0 saturated heterocycles. The monoisotopic (exact) mass is 258 g/mol. The molecule has 0 fully saturated rings. The van der Waals surface area contributed by atoms with Crippen LogP contribution in [0.15, 0.2) is 18.2 Å². The van der Waals surface area contributed by atoms with Gasteiger partial charge in [-0.05, 0) is 31.5 Å². The van der Waals surface area contributed by atoms with Gasteiger partial charge < -0.3 is 14.9 Å². The Labute approximate surface area is 105 Å². The molecule has 1 unspecified atom stereocenters. The quantitative estimate of drug-likeness (QED) is 0.852. The van der Waals surface area contributed by atoms with Gasteiger partial charge in [-0.1, -0.05) is 18.5 Å². The van der Waals surface area contributed by atoms with Crippen molar-refractivity contribution in [2.45, 2.75) is 25.9 Å². The summed E-state index contributed by atoms with van der Waals surface area (Å²) in [6, 6.07) is 4.21. The van der Waals surface area contributed by atoms with E-state index in [0.29, 0.717) is 12.2 Å². The largest absolute Gasteiger partial charge is 0.489 e. The van der Waals surface area contributed by atoms with Gasteiger partial charge in [0.05, 0.1) is 16.2 Å². The number of ether oxygens (including phenoxy) is 1. The molecular formula is C12H15ClO4. The van der Waals surface area contributed by atoms with Gasteiger partial charge in [-0.2, -0.15) is 0 Å². The molecule has 0 aliphatic heterocycles. The summed E-state index contributed by atoms with van der Waals surface area (Å²) in [6.45, 7) is 3.61. The number of aromatic carboxylic acids is 1. The molecular weight excluding hydrogens is 244 g/mol. The predicted octanol–water partition coefficient (Wildman–Crippen LogP) is 2.58. The Balaban J connectivity index is 2.77. The van der Waals surface area contributed by atoms with Crippen molar-refractivity contribution in [3.63, 3.8) is 0 Å². The van der Waals surface area contributed by atoms with Crippen LogP contribution in [0.4, 0.5) is 0 Å². The van der Waals surface area contributed by atoms with Crippen molar-refractivity contribution in [1.29, 1.82) is 0 Å². The first kappa shape index (κ1) is 13.8. The average molecular weight is 259 g/mol. The zero-order valence-corrected chi connectivity index (χ0v) is 10.5. The van der Waals surface area contributed by atoms with E-state index in [-0.39, 0.29) is 17.2 Å². The fourth-order valence-electron chi connectivity index (χ4n) is 1.09. The molecule has 0 spiro atoms. The number of aliphatic hydroxyl groups is 1. The molecule has 0 aliphatic rings. The number of benzene rings is 1. The van der Waals surface area contributed by atoms with Crippen molar-refractivity contribution in [3.8, 4) is 5.75 Å². The minimum Gasteiger partial charge on any atom is -0.489 e. The second-order valence-electron chi connectivity index (χ2n) is 4.09. The first-order valence-corrected chi connectivity index (χ1v) is 5.61. The number of halogens is 1. The lowest BCUT2D eigenvalue weighted by atomic mass is 10.1. The summed E-state index contributed by atoms with van der Waals surface area (Å²) in [7, 11) is 0. The Morgan fingerprint density at radius 2 is 2.18 bits per heavy atom. The molecule has 0 heterocycles. The highest BCUT2D eigenvalue weighted by molar-refractivity contribution is 6.32. The van der Waals surface area contributed by atoms with E-state index in [2.05, 4.69) is 0 Å². The smallest absolute Gasteiger partial charge is 0.335 e. The van der Waals surface area contributed by atoms with Crippen LogP contribution in [0.3, 0.4) is 0 Å². The maximum atomic E-state index is 10.7. The molecule has 0 radical (unpaired) electrons. The van der Waals surface area contributed by atoms with Gasteiger partial charge in [0.1, 0.15) is 12.4 Å². The van der Waals surface area contributed by atoms with E-state index >= 15 is 0 Å². The van der Waals surface area contributed by atoms with Gasteiger partial charge in [0.25, 0.3) is 0 Å². The number of hydrogen-bond acceptors (Lipinski definition) is 3. The molecule has 0 saturated carbocycles. The lowest BCUT2D eigenvalue weighted by molar-refractivity contribution is 0.00848. The summed E-state index contributed by atoms with van der Waals surface area (Å²) in [5.41, 5.74) is -0.820. The summed E-state index contributed by atoms with van der Waals surface area (Å²) in [5.74, 6) is -0.676. The SMILES string of the molecule is CCC(C)(O)COc1ccc(C(=O)O)cc1Cl. The van der Waals surface area contributed by atoms with Crippen LogP contribution in [0.1, 0.15) is 30.6 Å². The predicted molar refractivity (Wildman–Crippen MR) is 64.8 cm³/mol. The van der Waals surface area contributed by atoms with Crippen LogP contribution >= 0.6 is 11.6 Å². The number of carboxylic acid groups (broad SMARTS) is 1. The highest BCUT2D eigenvalue weighted by Crippen LogP contribution is 2.26. The highest BCUT2D eigenvalue weighted by atomic mass is 35.5. The van der Waals surface area contributed by atoms with Crippen LogP contribution in [0.2, 0.25) is 5.02 Å². The molecule has 17 heavy (non-hydrogen) atoms. The second kappa shape index (κ2) is 5.38. The van der Waals surface area contributed by atoms with E-state index in [4.69, 9.17) is 21.4 Å². The standard InChI is InChI=1S/C12H15ClO4/c1-3-12(2,16)7-17-10-5-4-8(11(14)15)6-9(10)13/h4-6,16H,3,7H2,1-2H3,(H,14,15). The Bertz CT molecular complexity index is 415. The molecule has 0 bridgehead atoms. The van der Waals surface area contributed by atoms with Gasteiger partial charge in [-0.15, -0.1) is 0 Å². The van der Waals surface area contributed by atoms with Gasteiger partial charge in [0.2, 0.25) is 0 Å². The third kappa shape index (κ3) is 3.91. The minimum absolute atomic E-state index is 0.101. The van der Waals surface area contributed by atoms with Crippen LogP contribution in [0.5, 0.6) is 5.75 Å². The Morgan fingerprint density at radius 1 is 1.53 bits per heavy atom. The van der Waals surface area contributed by atoms with E-state index < -0.39 is 11.6 Å². The van der Waals surface area contributed by atoms with E-state index in [0.717, 1.165) is 0 Å². The van der Waals surface area contributed by atoms with Gasteiger partial charge >= 0.3 is 5.97 Å². The normalized spacial score (nSPS) is 14.1. The fraction of sp³-hybridized carbons (Fsp3) is 0.417. The minimum atomic E-state index is -1.04. The molecule has 1 atom stereocenters. The van der Waals surface area contributed by atoms with Crippen molar-refractivity contribution in [1.82, 2.24) is 0 Å². The van der Waals surface area contributed by atoms with Gasteiger partial charge in [-0.3, -0.25) is 0 Å². The van der Waals surface area contributed by atoms with Gasteiger partial charge in [0, 0.05) is 0 Å². The molecule has 2 N–H and O–H groups in total. The maximum absolute atomic E-state index is 10.7. The highest BCUT2D eigenvalue weighted by Gasteiger charge is 2.19. The second-order valence-corrected chi connectivity index (χ2v) is 4.50. The lowest BCUT2D eigenvalue weighted by Gasteiger charge is -2.21. The topological polar surface area (TPSA) is 66.8 Å². The zero-order valence-electron chi connectivity index (χ0n) is 9.74. The molecule has 1 aromatic rings. The van der Waals surface area contributed by atoms with Crippen molar-refractivity contribution < 1.29 is 19.7 Å². The summed E-state index contributed by atoms with van der Waals surface area (Å²) < 4.78 is 5.35. The molecule has 0 aliphatic carbocycles. The maximum Gasteiger partial charge on any atom is 0.335 e. The summed E-state index contributed by atoms with van der Waals surface area (Å²) in [5, 5.41) is 18.7. The Hall–Kier alpha value is -1.26. The molecule has 0 amide bonds. The number of carboxylic acids is 1. The van der Waals surface area contributed by atoms with Crippen molar-refractivity contribution in [2.24, 2.45) is 0 Å². The average Bonchev–Trinajstić information content (AvgIpc) is 2.27. The van der Waals surface area contributed by atoms with Crippen LogP contribution < -0.4 is 4.74 Å². The van der Waals surface area contributed by atoms with Crippen LogP contribution in [0.25, 0.3) is 0 Å². The lowest BCUT2D eigenvalue weighted by Crippen LogP contribution is -2.31. The third-order valence-corrected chi connectivity index (χ3v) is 2.77. The van der Waals surface area contributed by atoms with Crippen molar-refractivity contribution in [3.05, 3.63) is 28.8 Å². The first-order chi connectivity index (χ1) is 7.85. The van der Waals surface area contributed by atoms with Crippen molar-refractivity contribution >= 4 is 17.6 Å². The summed E-state index contributed by atoms with van der Waals surface area (Å²) in [6.07, 6.45) is 0.553. The number of carbonyl (C=O) groups is 1. The summed E-state index contributed by atoms with van der Waals surface area (Å²) in [4.78, 5) is 10.7. The fourth-order valence-corrected chi connectivity index (χ4v) is 1.32. The molecule has 1 aromatic carbocycles. The zero-order chi connectivity index (χ0) is 13.1. The van der Waals surface area contributed by atoms with E-state index in [1.165, 1.54) is 18.2 Å². The van der Waals surface area contributed by atoms with Crippen LogP contribution in [0, 0.1) is 0 Å². The van der Waals surface area contributed by atoms with E-state index in [9.17, 15) is 9.90 Å². The van der Waals surface area contributed by atoms with Crippen molar-refractivity contribution in [2.75, 3.05) is 6.61 Å². The molecule has 5 heteroatoms. The third-order valence-electron chi connectivity index (χ3n) is 2.48. The number of rotatable bonds is 5. The molecule has 1 rings (SSSR count). The van der Waals surface area contributed by atoms with E-state index in [1.54, 1.807) is 6.92 Å². The first-order valence-electron chi connectivity index (χ1n) is 5.24. The van der Waals surface area contributed by atoms with Crippen LogP contribution in [-0.4, -0.2) is 28.4 Å². The van der Waals surface area contributed by atoms with Crippen LogP contribution in [-0.2, 0) is 0 Å². The molecule has 94 valence electrons. The van der Waals surface area contributed by atoms with Gasteiger partial charge in [-0.25, -0.2) is 4.79 Å². The number of hydrogen-bond donors (Lipinski definition) is 2. The van der Waals surface area contributed by atoms with E-state index in [1.807, 2.05) is 6.92 Å². The molecule has 4 nitrogen and oxygen atoms in total.